The second kappa shape index (κ2) is 11.6. The Hall–Kier alpha value is -1.14. The lowest BCUT2D eigenvalue weighted by Gasteiger charge is -1.62. The van der Waals surface area contributed by atoms with E-state index in [0.29, 0.717) is 0 Å². The highest BCUT2D eigenvalue weighted by Gasteiger charge is 1.60. The Balaban J connectivity index is -0.000000101. The first-order valence-electron chi connectivity index (χ1n) is 2.36. The molecule has 0 atom stereocenters. The molecule has 0 radical (unpaired) electrons. The first kappa shape index (κ1) is 16.4. The quantitative estimate of drug-likeness (QED) is 0.481. The molecule has 11 heavy (non-hydrogen) atoms. The van der Waals surface area contributed by atoms with Crippen molar-refractivity contribution in [3.05, 3.63) is 24.5 Å². The van der Waals surface area contributed by atoms with Crippen molar-refractivity contribution in [2.24, 2.45) is 11.5 Å². The molecule has 1 heterocycles. The fraction of sp³-hybridized carbons (Fsp3) is 0. The molecule has 7 N–H and O–H groups in total. The minimum absolute atomic E-state index is 0. The summed E-state index contributed by atoms with van der Waals surface area (Å²) in [5, 5.41) is 0. The van der Waals surface area contributed by atoms with Gasteiger partial charge in [-0.2, -0.15) is 13.5 Å². The lowest BCUT2D eigenvalue weighted by atomic mass is 10.7. The van der Waals surface area contributed by atoms with Crippen LogP contribution in [0.4, 0.5) is 4.79 Å². The average molecular weight is 179 g/mol. The fourth-order valence-electron chi connectivity index (χ4n) is 0.278. The summed E-state index contributed by atoms with van der Waals surface area (Å²) in [6.07, 6.45) is 3.75. The largest absolute Gasteiger partial charge is 0.412 e. The molecule has 0 unspecified atom stereocenters. The number of carbonyl (C=O) groups excluding carboxylic acids is 1. The first-order chi connectivity index (χ1) is 4.23. The maximum Gasteiger partial charge on any atom is 0.309 e. The lowest BCUT2D eigenvalue weighted by Crippen LogP contribution is -2.18. The van der Waals surface area contributed by atoms with Gasteiger partial charge in [0.1, 0.15) is 0 Å². The number of primary amides is 2. The topological polar surface area (TPSA) is 116 Å². The second-order valence-corrected chi connectivity index (χ2v) is 1.29. The number of amides is 2. The van der Waals surface area contributed by atoms with Gasteiger partial charge in [0.2, 0.25) is 0 Å². The number of aromatic nitrogens is 1. The molecule has 0 aliphatic rings. The molecule has 0 aliphatic heterocycles. The maximum atomic E-state index is 9.00. The van der Waals surface area contributed by atoms with Gasteiger partial charge in [-0.15, -0.1) is 0 Å². The predicted molar refractivity (Wildman–Crippen MR) is 48.6 cm³/mol. The lowest BCUT2D eigenvalue weighted by molar-refractivity contribution is 0.256. The van der Waals surface area contributed by atoms with E-state index < -0.39 is 6.03 Å². The van der Waals surface area contributed by atoms with Gasteiger partial charge in [0.05, 0.1) is 0 Å². The number of rotatable bonds is 0. The molecular weight excluding hydrogens is 166 g/mol. The standard InChI is InChI=1S/C4H5N.CH4N2O.H2O.H2S/c1-2-4-5-3-1;2-1(3)4;;/h1-5H;(H4,2,3,4);2*1H2. The fourth-order valence-corrected chi connectivity index (χ4v) is 0.278. The maximum absolute atomic E-state index is 9.00. The minimum Gasteiger partial charge on any atom is -0.412 e. The van der Waals surface area contributed by atoms with Crippen LogP contribution in [0.5, 0.6) is 0 Å². The highest BCUT2D eigenvalue weighted by Crippen LogP contribution is 1.72. The van der Waals surface area contributed by atoms with Gasteiger partial charge in [-0.1, -0.05) is 0 Å². The summed E-state index contributed by atoms with van der Waals surface area (Å²) in [6, 6.07) is 3.06. The number of hydrogen-bond donors (Lipinski definition) is 3. The van der Waals surface area contributed by atoms with Crippen LogP contribution in [0.15, 0.2) is 24.5 Å². The van der Waals surface area contributed by atoms with E-state index in [2.05, 4.69) is 16.5 Å². The summed E-state index contributed by atoms with van der Waals surface area (Å²) in [4.78, 5) is 11.9. The van der Waals surface area contributed by atoms with Crippen LogP contribution in [-0.2, 0) is 0 Å². The summed E-state index contributed by atoms with van der Waals surface area (Å²) >= 11 is 0. The van der Waals surface area contributed by atoms with Crippen molar-refractivity contribution in [3.63, 3.8) is 0 Å². The molecule has 66 valence electrons. The Kier molecular flexibility index (Phi) is 17.4. The number of nitrogens with one attached hydrogen (secondary N) is 1. The number of carbonyl (C=O) groups is 1. The zero-order valence-corrected chi connectivity index (χ0v) is 6.87. The van der Waals surface area contributed by atoms with Crippen LogP contribution in [0.3, 0.4) is 0 Å². The third-order valence-electron chi connectivity index (χ3n) is 0.496. The zero-order valence-electron chi connectivity index (χ0n) is 5.87. The van der Waals surface area contributed by atoms with Gasteiger partial charge in [-0.25, -0.2) is 4.79 Å². The summed E-state index contributed by atoms with van der Waals surface area (Å²) < 4.78 is 0. The smallest absolute Gasteiger partial charge is 0.309 e. The molecule has 1 rings (SSSR count). The highest BCUT2D eigenvalue weighted by molar-refractivity contribution is 7.59. The Morgan fingerprint density at radius 1 is 1.18 bits per heavy atom. The summed E-state index contributed by atoms with van der Waals surface area (Å²) in [6.45, 7) is 0. The number of nitrogens with two attached hydrogens (primary N) is 2. The Labute approximate surface area is 71.5 Å². The molecule has 1 aromatic heterocycles. The molecule has 0 aliphatic carbocycles. The molecule has 6 heteroatoms. The van der Waals surface area contributed by atoms with Crippen molar-refractivity contribution in [3.8, 4) is 0 Å². The number of aromatic amines is 1. The molecule has 0 fully saturated rings. The van der Waals surface area contributed by atoms with E-state index >= 15 is 0 Å². The van der Waals surface area contributed by atoms with Gasteiger partial charge < -0.3 is 21.9 Å². The van der Waals surface area contributed by atoms with Crippen LogP contribution < -0.4 is 11.5 Å². The number of hydrogen-bond acceptors (Lipinski definition) is 1. The molecule has 0 spiro atoms. The van der Waals surface area contributed by atoms with Crippen molar-refractivity contribution < 1.29 is 10.3 Å². The van der Waals surface area contributed by atoms with Gasteiger partial charge in [0.15, 0.2) is 0 Å². The molecule has 0 saturated carbocycles. The SMILES string of the molecule is NC(N)=O.O.S.c1cc[nH]c1. The predicted octanol–water partition coefficient (Wildman–Crippen LogP) is -0.673. The number of H-pyrrole nitrogens is 1. The molecule has 0 bridgehead atoms. The van der Waals surface area contributed by atoms with E-state index in [-0.39, 0.29) is 19.0 Å². The number of urea groups is 1. The second-order valence-electron chi connectivity index (χ2n) is 1.29. The van der Waals surface area contributed by atoms with Gasteiger partial charge in [-0.05, 0) is 12.1 Å². The third kappa shape index (κ3) is 28.0. The first-order valence-corrected chi connectivity index (χ1v) is 2.36. The third-order valence-corrected chi connectivity index (χ3v) is 0.496. The van der Waals surface area contributed by atoms with Crippen molar-refractivity contribution in [1.82, 2.24) is 4.98 Å². The summed E-state index contributed by atoms with van der Waals surface area (Å²) in [7, 11) is 0. The monoisotopic (exact) mass is 179 g/mol. The van der Waals surface area contributed by atoms with Crippen molar-refractivity contribution in [1.29, 1.82) is 0 Å². The highest BCUT2D eigenvalue weighted by atomic mass is 32.1. The van der Waals surface area contributed by atoms with Gasteiger partial charge in [0.25, 0.3) is 0 Å². The molecule has 0 saturated heterocycles. The Bertz CT molecular complexity index is 134. The normalized spacial score (nSPS) is 5.82. The van der Waals surface area contributed by atoms with Crippen LogP contribution in [0.2, 0.25) is 0 Å². The van der Waals surface area contributed by atoms with Gasteiger partial charge in [0, 0.05) is 12.4 Å². The Morgan fingerprint density at radius 3 is 1.55 bits per heavy atom. The van der Waals surface area contributed by atoms with E-state index in [1.54, 1.807) is 0 Å². The van der Waals surface area contributed by atoms with Crippen molar-refractivity contribution in [2.45, 2.75) is 0 Å². The minimum atomic E-state index is -0.833. The molecular formula is C5H13N3O2S. The Morgan fingerprint density at radius 2 is 1.45 bits per heavy atom. The van der Waals surface area contributed by atoms with E-state index in [1.165, 1.54) is 0 Å². The molecule has 5 nitrogen and oxygen atoms in total. The molecule has 2 amide bonds. The van der Waals surface area contributed by atoms with Crippen LogP contribution in [0.1, 0.15) is 0 Å². The van der Waals surface area contributed by atoms with Crippen molar-refractivity contribution in [2.75, 3.05) is 0 Å². The summed E-state index contributed by atoms with van der Waals surface area (Å²) in [5.41, 5.74) is 8.50. The summed E-state index contributed by atoms with van der Waals surface area (Å²) in [5.74, 6) is 0. The zero-order chi connectivity index (χ0) is 7.11. The van der Waals surface area contributed by atoms with Gasteiger partial charge in [-0.3, -0.25) is 0 Å². The van der Waals surface area contributed by atoms with Crippen LogP contribution in [0.25, 0.3) is 0 Å². The van der Waals surface area contributed by atoms with Crippen LogP contribution >= 0.6 is 13.5 Å². The van der Waals surface area contributed by atoms with E-state index in [4.69, 9.17) is 4.79 Å². The van der Waals surface area contributed by atoms with Crippen LogP contribution in [0, 0.1) is 0 Å². The molecule has 0 aromatic carbocycles. The molecule has 1 aromatic rings. The van der Waals surface area contributed by atoms with E-state index in [9.17, 15) is 0 Å². The van der Waals surface area contributed by atoms with E-state index in [1.807, 2.05) is 24.5 Å². The van der Waals surface area contributed by atoms with Crippen molar-refractivity contribution >= 4 is 19.5 Å². The van der Waals surface area contributed by atoms with Crippen LogP contribution in [-0.4, -0.2) is 16.5 Å². The average Bonchev–Trinajstić information content (AvgIpc) is 2.11. The van der Waals surface area contributed by atoms with E-state index in [0.717, 1.165) is 0 Å². The van der Waals surface area contributed by atoms with Gasteiger partial charge >= 0.3 is 6.03 Å².